The standard InChI is InChI=1S/C22H28N2O5S/c1-17-7-5-6-10-19(17)15-29-20-11-13-24(14-12-20)30(27,28)16-21(22(25)23-26)18-8-3-2-4-9-18/h2-10,20-21,26H,11-16H2,1H3,(H,23,25)/t21-/m1/s1. The fraction of sp³-hybridized carbons (Fsp3) is 0.409. The summed E-state index contributed by atoms with van der Waals surface area (Å²) in [5, 5.41) is 9.06. The van der Waals surface area contributed by atoms with Crippen LogP contribution in [0, 0.1) is 6.92 Å². The van der Waals surface area contributed by atoms with Crippen molar-refractivity contribution in [3.63, 3.8) is 0 Å². The summed E-state index contributed by atoms with van der Waals surface area (Å²) < 4.78 is 33.3. The second kappa shape index (κ2) is 10.2. The highest BCUT2D eigenvalue weighted by Crippen LogP contribution is 2.24. The first-order chi connectivity index (χ1) is 14.4. The van der Waals surface area contributed by atoms with Gasteiger partial charge in [0.15, 0.2) is 0 Å². The number of sulfonamides is 1. The lowest BCUT2D eigenvalue weighted by molar-refractivity contribution is -0.130. The Hall–Kier alpha value is -2.26. The Labute approximate surface area is 177 Å². The number of aryl methyl sites for hydroxylation is 1. The van der Waals surface area contributed by atoms with E-state index in [0.29, 0.717) is 38.1 Å². The molecule has 8 heteroatoms. The molecule has 0 aliphatic carbocycles. The molecule has 1 aliphatic rings. The minimum atomic E-state index is -3.68. The highest BCUT2D eigenvalue weighted by Gasteiger charge is 2.33. The maximum Gasteiger partial charge on any atom is 0.251 e. The van der Waals surface area contributed by atoms with Crippen LogP contribution in [0.5, 0.6) is 0 Å². The number of hydrogen-bond acceptors (Lipinski definition) is 5. The molecule has 2 N–H and O–H groups in total. The molecule has 1 atom stereocenters. The summed E-state index contributed by atoms with van der Waals surface area (Å²) in [6.07, 6.45) is 1.21. The van der Waals surface area contributed by atoms with E-state index in [1.807, 2.05) is 31.2 Å². The zero-order chi connectivity index (χ0) is 21.6. The van der Waals surface area contributed by atoms with Crippen LogP contribution < -0.4 is 5.48 Å². The van der Waals surface area contributed by atoms with Gasteiger partial charge in [0.05, 0.1) is 24.4 Å². The molecule has 0 aromatic heterocycles. The summed E-state index contributed by atoms with van der Waals surface area (Å²) >= 11 is 0. The van der Waals surface area contributed by atoms with E-state index in [-0.39, 0.29) is 6.10 Å². The molecule has 7 nitrogen and oxygen atoms in total. The summed E-state index contributed by atoms with van der Waals surface area (Å²) in [6, 6.07) is 16.7. The van der Waals surface area contributed by atoms with Crippen molar-refractivity contribution in [1.82, 2.24) is 9.79 Å². The number of amides is 1. The summed E-state index contributed by atoms with van der Waals surface area (Å²) in [4.78, 5) is 12.1. The van der Waals surface area contributed by atoms with Gasteiger partial charge >= 0.3 is 0 Å². The van der Waals surface area contributed by atoms with Crippen LogP contribution in [0.2, 0.25) is 0 Å². The molecule has 0 radical (unpaired) electrons. The third-order valence-corrected chi connectivity index (χ3v) is 7.44. The molecule has 0 spiro atoms. The van der Waals surface area contributed by atoms with Gasteiger partial charge in [-0.05, 0) is 36.5 Å². The van der Waals surface area contributed by atoms with E-state index in [9.17, 15) is 13.2 Å². The lowest BCUT2D eigenvalue weighted by Gasteiger charge is -2.32. The predicted octanol–water partition coefficient (Wildman–Crippen LogP) is 2.60. The molecule has 1 fully saturated rings. The Morgan fingerprint density at radius 2 is 1.77 bits per heavy atom. The van der Waals surface area contributed by atoms with Crippen LogP contribution in [-0.2, 0) is 26.2 Å². The van der Waals surface area contributed by atoms with Crippen LogP contribution in [0.4, 0.5) is 0 Å². The number of benzene rings is 2. The topological polar surface area (TPSA) is 95.9 Å². The lowest BCUT2D eigenvalue weighted by atomic mass is 10.0. The fourth-order valence-corrected chi connectivity index (χ4v) is 5.40. The molecule has 2 aromatic rings. The molecule has 162 valence electrons. The zero-order valence-electron chi connectivity index (χ0n) is 17.0. The third kappa shape index (κ3) is 5.66. The molecule has 2 aromatic carbocycles. The van der Waals surface area contributed by atoms with E-state index in [4.69, 9.17) is 9.94 Å². The largest absolute Gasteiger partial charge is 0.373 e. The minimum absolute atomic E-state index is 0.00159. The average Bonchev–Trinajstić information content (AvgIpc) is 2.77. The SMILES string of the molecule is Cc1ccccc1COC1CCN(S(=O)(=O)C[C@@H](C(=O)NO)c2ccccc2)CC1. The van der Waals surface area contributed by atoms with Crippen LogP contribution in [0.1, 0.15) is 35.4 Å². The summed E-state index contributed by atoms with van der Waals surface area (Å²) in [5.74, 6) is -2.10. The van der Waals surface area contributed by atoms with E-state index >= 15 is 0 Å². The number of hydrogen-bond donors (Lipinski definition) is 2. The number of hydroxylamine groups is 1. The second-order valence-electron chi connectivity index (χ2n) is 7.55. The number of ether oxygens (including phenoxy) is 1. The number of nitrogens with zero attached hydrogens (tertiary/aromatic N) is 1. The number of rotatable bonds is 8. The lowest BCUT2D eigenvalue weighted by Crippen LogP contribution is -2.44. The fourth-order valence-electron chi connectivity index (χ4n) is 3.66. The van der Waals surface area contributed by atoms with Crippen molar-refractivity contribution < 1.29 is 23.2 Å². The minimum Gasteiger partial charge on any atom is -0.373 e. The number of piperidine rings is 1. The molecule has 0 saturated carbocycles. The van der Waals surface area contributed by atoms with E-state index < -0.39 is 27.6 Å². The first-order valence-corrected chi connectivity index (χ1v) is 11.6. The van der Waals surface area contributed by atoms with Gasteiger partial charge in [-0.2, -0.15) is 0 Å². The maximum atomic E-state index is 12.9. The van der Waals surface area contributed by atoms with Crippen molar-refractivity contribution in [3.8, 4) is 0 Å². The quantitative estimate of drug-likeness (QED) is 0.494. The van der Waals surface area contributed by atoms with Gasteiger partial charge in [-0.25, -0.2) is 18.2 Å². The first-order valence-electron chi connectivity index (χ1n) is 10.0. The van der Waals surface area contributed by atoms with Gasteiger partial charge in [-0.1, -0.05) is 54.6 Å². The average molecular weight is 433 g/mol. The predicted molar refractivity (Wildman–Crippen MR) is 113 cm³/mol. The Bertz CT molecular complexity index is 941. The molecule has 0 bridgehead atoms. The van der Waals surface area contributed by atoms with Crippen LogP contribution >= 0.6 is 0 Å². The van der Waals surface area contributed by atoms with Gasteiger partial charge in [-0.3, -0.25) is 10.0 Å². The van der Waals surface area contributed by atoms with Crippen LogP contribution in [-0.4, -0.2) is 48.8 Å². The highest BCUT2D eigenvalue weighted by atomic mass is 32.2. The molecule has 1 saturated heterocycles. The molecule has 1 aliphatic heterocycles. The Balaban J connectivity index is 1.58. The van der Waals surface area contributed by atoms with Gasteiger partial charge in [0.2, 0.25) is 10.0 Å². The Morgan fingerprint density at radius 3 is 2.40 bits per heavy atom. The summed E-state index contributed by atoms with van der Waals surface area (Å²) in [6.45, 7) is 3.25. The molecule has 1 amide bonds. The molecule has 30 heavy (non-hydrogen) atoms. The second-order valence-corrected chi connectivity index (χ2v) is 9.57. The number of nitrogens with one attached hydrogen (secondary N) is 1. The van der Waals surface area contributed by atoms with Crippen molar-refractivity contribution in [2.24, 2.45) is 0 Å². The van der Waals surface area contributed by atoms with E-state index in [1.54, 1.807) is 35.8 Å². The van der Waals surface area contributed by atoms with Crippen LogP contribution in [0.25, 0.3) is 0 Å². The number of carbonyl (C=O) groups excluding carboxylic acids is 1. The van der Waals surface area contributed by atoms with Crippen molar-refractivity contribution >= 4 is 15.9 Å². The monoisotopic (exact) mass is 432 g/mol. The van der Waals surface area contributed by atoms with E-state index in [1.165, 1.54) is 9.87 Å². The van der Waals surface area contributed by atoms with Crippen molar-refractivity contribution in [2.75, 3.05) is 18.8 Å². The van der Waals surface area contributed by atoms with Crippen LogP contribution in [0.15, 0.2) is 54.6 Å². The molecular formula is C22H28N2O5S. The number of carbonyl (C=O) groups is 1. The Kier molecular flexibility index (Phi) is 7.60. The van der Waals surface area contributed by atoms with Gasteiger partial charge in [-0.15, -0.1) is 0 Å². The summed E-state index contributed by atoms with van der Waals surface area (Å²) in [7, 11) is -3.68. The first kappa shape index (κ1) is 22.4. The normalized spacial score (nSPS) is 16.9. The van der Waals surface area contributed by atoms with Crippen molar-refractivity contribution in [2.45, 2.75) is 38.4 Å². The third-order valence-electron chi connectivity index (χ3n) is 5.54. The van der Waals surface area contributed by atoms with Gasteiger partial charge in [0.1, 0.15) is 0 Å². The Morgan fingerprint density at radius 1 is 1.13 bits per heavy atom. The molecule has 0 unspecified atom stereocenters. The van der Waals surface area contributed by atoms with Crippen molar-refractivity contribution in [3.05, 3.63) is 71.3 Å². The highest BCUT2D eigenvalue weighted by molar-refractivity contribution is 7.89. The van der Waals surface area contributed by atoms with Crippen molar-refractivity contribution in [1.29, 1.82) is 0 Å². The maximum absolute atomic E-state index is 12.9. The van der Waals surface area contributed by atoms with Crippen LogP contribution in [0.3, 0.4) is 0 Å². The van der Waals surface area contributed by atoms with E-state index in [0.717, 1.165) is 5.56 Å². The smallest absolute Gasteiger partial charge is 0.251 e. The van der Waals surface area contributed by atoms with E-state index in [2.05, 4.69) is 0 Å². The van der Waals surface area contributed by atoms with Gasteiger partial charge < -0.3 is 4.74 Å². The molecule has 1 heterocycles. The van der Waals surface area contributed by atoms with Gasteiger partial charge in [0, 0.05) is 13.1 Å². The van der Waals surface area contributed by atoms with Gasteiger partial charge in [0.25, 0.3) is 5.91 Å². The molecular weight excluding hydrogens is 404 g/mol. The summed E-state index contributed by atoms with van der Waals surface area (Å²) in [5.41, 5.74) is 4.44. The molecule has 3 rings (SSSR count). The zero-order valence-corrected chi connectivity index (χ0v) is 17.8.